The molecule has 0 aliphatic rings. The molecule has 1 aromatic carbocycles. The van der Waals surface area contributed by atoms with Gasteiger partial charge in [-0.2, -0.15) is 0 Å². The van der Waals surface area contributed by atoms with E-state index in [0.717, 1.165) is 9.37 Å². The van der Waals surface area contributed by atoms with Gasteiger partial charge in [-0.3, -0.25) is 4.79 Å². The van der Waals surface area contributed by atoms with Gasteiger partial charge in [0, 0.05) is 16.0 Å². The van der Waals surface area contributed by atoms with Crippen LogP contribution in [0.5, 0.6) is 0 Å². The summed E-state index contributed by atoms with van der Waals surface area (Å²) in [6.07, 6.45) is 0. The number of nitrogens with zero attached hydrogens (tertiary/aromatic N) is 1. The zero-order valence-electron chi connectivity index (χ0n) is 8.91. The molecular formula is C10H10Br2N2O3. The molecular weight excluding hydrogens is 356 g/mol. The first-order chi connectivity index (χ1) is 7.90. The Balaban J connectivity index is 2.71. The van der Waals surface area contributed by atoms with Crippen molar-refractivity contribution in [2.45, 2.75) is 0 Å². The standard InChI is InChI=1S/C10H10Br2N2O3/c1-14(5-9(15)16)10(17)13-8-3-2-6(11)4-7(8)12/h2-4H,5H2,1H3,(H,13,17)(H,15,16). The van der Waals surface area contributed by atoms with Crippen molar-refractivity contribution in [3.05, 3.63) is 27.1 Å². The van der Waals surface area contributed by atoms with E-state index >= 15 is 0 Å². The Labute approximate surface area is 115 Å². The lowest BCUT2D eigenvalue weighted by Gasteiger charge is -2.16. The first kappa shape index (κ1) is 14.0. The van der Waals surface area contributed by atoms with Crippen molar-refractivity contribution < 1.29 is 14.7 Å². The minimum absolute atomic E-state index is 0.347. The molecule has 0 radical (unpaired) electrons. The highest BCUT2D eigenvalue weighted by atomic mass is 79.9. The van der Waals surface area contributed by atoms with Gasteiger partial charge < -0.3 is 15.3 Å². The third kappa shape index (κ3) is 4.35. The molecule has 0 aromatic heterocycles. The first-order valence-electron chi connectivity index (χ1n) is 4.59. The number of aliphatic carboxylic acids is 1. The van der Waals surface area contributed by atoms with Crippen LogP contribution >= 0.6 is 31.9 Å². The summed E-state index contributed by atoms with van der Waals surface area (Å²) in [6.45, 7) is -0.347. The Bertz CT molecular complexity index is 451. The second-order valence-electron chi connectivity index (χ2n) is 3.30. The number of carbonyl (C=O) groups is 2. The monoisotopic (exact) mass is 364 g/mol. The summed E-state index contributed by atoms with van der Waals surface area (Å²) >= 11 is 6.59. The van der Waals surface area contributed by atoms with Crippen LogP contribution in [-0.2, 0) is 4.79 Å². The fourth-order valence-electron chi connectivity index (χ4n) is 1.08. The topological polar surface area (TPSA) is 69.6 Å². The quantitative estimate of drug-likeness (QED) is 0.865. The van der Waals surface area contributed by atoms with Crippen LogP contribution in [0.1, 0.15) is 0 Å². The number of likely N-dealkylation sites (N-methyl/N-ethyl adjacent to an activating group) is 1. The minimum atomic E-state index is -1.06. The van der Waals surface area contributed by atoms with Crippen molar-refractivity contribution >= 4 is 49.5 Å². The van der Waals surface area contributed by atoms with Crippen molar-refractivity contribution in [3.8, 4) is 0 Å². The van der Waals surface area contributed by atoms with E-state index in [9.17, 15) is 9.59 Å². The number of carboxylic acids is 1. The Morgan fingerprint density at radius 1 is 1.41 bits per heavy atom. The number of nitrogens with one attached hydrogen (secondary N) is 1. The van der Waals surface area contributed by atoms with Crippen molar-refractivity contribution in [3.63, 3.8) is 0 Å². The van der Waals surface area contributed by atoms with E-state index < -0.39 is 12.0 Å². The van der Waals surface area contributed by atoms with E-state index in [1.54, 1.807) is 18.2 Å². The summed E-state index contributed by atoms with van der Waals surface area (Å²) in [4.78, 5) is 23.1. The largest absolute Gasteiger partial charge is 0.480 e. The second-order valence-corrected chi connectivity index (χ2v) is 5.07. The molecule has 1 rings (SSSR count). The van der Waals surface area contributed by atoms with E-state index in [1.807, 2.05) is 0 Å². The predicted molar refractivity (Wildman–Crippen MR) is 71.1 cm³/mol. The van der Waals surface area contributed by atoms with Crippen molar-refractivity contribution in [1.82, 2.24) is 4.90 Å². The highest BCUT2D eigenvalue weighted by molar-refractivity contribution is 9.11. The maximum atomic E-state index is 11.6. The lowest BCUT2D eigenvalue weighted by Crippen LogP contribution is -2.35. The molecule has 0 saturated carbocycles. The van der Waals surface area contributed by atoms with Gasteiger partial charge in [0.1, 0.15) is 6.54 Å². The average Bonchev–Trinajstić information content (AvgIpc) is 2.21. The van der Waals surface area contributed by atoms with E-state index in [-0.39, 0.29) is 6.54 Å². The van der Waals surface area contributed by atoms with Gasteiger partial charge in [0.05, 0.1) is 5.69 Å². The Morgan fingerprint density at radius 3 is 2.59 bits per heavy atom. The second kappa shape index (κ2) is 6.02. The van der Waals surface area contributed by atoms with Crippen LogP contribution in [0.2, 0.25) is 0 Å². The number of hydrogen-bond acceptors (Lipinski definition) is 2. The van der Waals surface area contributed by atoms with Crippen molar-refractivity contribution in [2.75, 3.05) is 18.9 Å². The highest BCUT2D eigenvalue weighted by Gasteiger charge is 2.13. The lowest BCUT2D eigenvalue weighted by atomic mass is 10.3. The smallest absolute Gasteiger partial charge is 0.323 e. The SMILES string of the molecule is CN(CC(=O)O)C(=O)Nc1ccc(Br)cc1Br. The van der Waals surface area contributed by atoms with Gasteiger partial charge in [-0.1, -0.05) is 15.9 Å². The molecule has 0 aliphatic heterocycles. The maximum Gasteiger partial charge on any atom is 0.323 e. The van der Waals surface area contributed by atoms with E-state index in [1.165, 1.54) is 7.05 Å². The highest BCUT2D eigenvalue weighted by Crippen LogP contribution is 2.26. The zero-order valence-corrected chi connectivity index (χ0v) is 12.1. The number of urea groups is 1. The molecule has 92 valence electrons. The maximum absolute atomic E-state index is 11.6. The van der Waals surface area contributed by atoms with E-state index in [2.05, 4.69) is 37.2 Å². The number of carboxylic acid groups (broad SMARTS) is 1. The van der Waals surface area contributed by atoms with Gasteiger partial charge in [0.25, 0.3) is 0 Å². The molecule has 1 aromatic rings. The van der Waals surface area contributed by atoms with Crippen LogP contribution in [0.15, 0.2) is 27.1 Å². The molecule has 5 nitrogen and oxygen atoms in total. The molecule has 2 N–H and O–H groups in total. The minimum Gasteiger partial charge on any atom is -0.480 e. The molecule has 0 heterocycles. The number of hydrogen-bond donors (Lipinski definition) is 2. The average molecular weight is 366 g/mol. The molecule has 0 saturated heterocycles. The summed E-state index contributed by atoms with van der Waals surface area (Å²) in [6, 6.07) is 4.79. The Morgan fingerprint density at radius 2 is 2.06 bits per heavy atom. The molecule has 0 unspecified atom stereocenters. The van der Waals surface area contributed by atoms with Gasteiger partial charge >= 0.3 is 12.0 Å². The zero-order chi connectivity index (χ0) is 13.0. The van der Waals surface area contributed by atoms with Crippen LogP contribution in [0, 0.1) is 0 Å². The van der Waals surface area contributed by atoms with Gasteiger partial charge in [0.15, 0.2) is 0 Å². The molecule has 0 spiro atoms. The van der Waals surface area contributed by atoms with Gasteiger partial charge in [0.2, 0.25) is 0 Å². The number of rotatable bonds is 3. The number of halogens is 2. The van der Waals surface area contributed by atoms with Crippen molar-refractivity contribution in [2.24, 2.45) is 0 Å². The number of anilines is 1. The summed E-state index contributed by atoms with van der Waals surface area (Å²) in [5, 5.41) is 11.2. The fourth-order valence-corrected chi connectivity index (χ4v) is 2.22. The van der Waals surface area contributed by atoms with E-state index in [4.69, 9.17) is 5.11 Å². The Kier molecular flexibility index (Phi) is 4.95. The first-order valence-corrected chi connectivity index (χ1v) is 6.17. The summed E-state index contributed by atoms with van der Waals surface area (Å²) < 4.78 is 1.59. The number of amides is 2. The summed E-state index contributed by atoms with van der Waals surface area (Å²) in [5.74, 6) is -1.06. The summed E-state index contributed by atoms with van der Waals surface area (Å²) in [5.41, 5.74) is 0.579. The summed E-state index contributed by atoms with van der Waals surface area (Å²) in [7, 11) is 1.41. The van der Waals surface area contributed by atoms with Crippen LogP contribution in [0.3, 0.4) is 0 Å². The normalized spacial score (nSPS) is 9.82. The molecule has 17 heavy (non-hydrogen) atoms. The Hall–Kier alpha value is -1.08. The molecule has 0 fully saturated rings. The predicted octanol–water partition coefficient (Wildman–Crippen LogP) is 2.76. The molecule has 7 heteroatoms. The molecule has 0 atom stereocenters. The fraction of sp³-hybridized carbons (Fsp3) is 0.200. The van der Waals surface area contributed by atoms with Crippen LogP contribution < -0.4 is 5.32 Å². The lowest BCUT2D eigenvalue weighted by molar-refractivity contribution is -0.137. The molecule has 2 amide bonds. The number of benzene rings is 1. The molecule has 0 aliphatic carbocycles. The van der Waals surface area contributed by atoms with Crippen LogP contribution in [-0.4, -0.2) is 35.6 Å². The molecule has 0 bridgehead atoms. The third-order valence-corrected chi connectivity index (χ3v) is 3.04. The van der Waals surface area contributed by atoms with Gasteiger partial charge in [-0.05, 0) is 34.1 Å². The third-order valence-electron chi connectivity index (χ3n) is 1.89. The van der Waals surface area contributed by atoms with Crippen LogP contribution in [0.4, 0.5) is 10.5 Å². The van der Waals surface area contributed by atoms with Crippen molar-refractivity contribution in [1.29, 1.82) is 0 Å². The van der Waals surface area contributed by atoms with Gasteiger partial charge in [-0.15, -0.1) is 0 Å². The van der Waals surface area contributed by atoms with Gasteiger partial charge in [-0.25, -0.2) is 4.79 Å². The van der Waals surface area contributed by atoms with E-state index in [0.29, 0.717) is 10.2 Å². The van der Waals surface area contributed by atoms with Crippen LogP contribution in [0.25, 0.3) is 0 Å². The number of carbonyl (C=O) groups excluding carboxylic acids is 1.